The predicted molar refractivity (Wildman–Crippen MR) is 130 cm³/mol. The molecule has 0 unspecified atom stereocenters. The third-order valence-electron chi connectivity index (χ3n) is 4.81. The van der Waals surface area contributed by atoms with Crippen LogP contribution in [0.2, 0.25) is 0 Å². The Hall–Kier alpha value is -1.73. The molecule has 0 aliphatic rings. The highest BCUT2D eigenvalue weighted by atomic mass is 35.5. The fourth-order valence-electron chi connectivity index (χ4n) is 3.00. The van der Waals surface area contributed by atoms with Crippen LogP contribution in [0.15, 0.2) is 41.8 Å². The predicted octanol–water partition coefficient (Wildman–Crippen LogP) is 5.73. The van der Waals surface area contributed by atoms with Gasteiger partial charge in [0.25, 0.3) is 5.91 Å². The van der Waals surface area contributed by atoms with Crippen molar-refractivity contribution in [3.8, 4) is 0 Å². The second-order valence-corrected chi connectivity index (χ2v) is 8.51. The van der Waals surface area contributed by atoms with E-state index in [1.165, 1.54) is 5.56 Å². The van der Waals surface area contributed by atoms with Gasteiger partial charge in [0.15, 0.2) is 5.13 Å². The quantitative estimate of drug-likeness (QED) is 0.391. The van der Waals surface area contributed by atoms with Gasteiger partial charge in [-0.1, -0.05) is 44.2 Å². The van der Waals surface area contributed by atoms with Crippen LogP contribution >= 0.6 is 35.1 Å². The molecular weight excluding hydrogens is 422 g/mol. The van der Waals surface area contributed by atoms with Gasteiger partial charge in [-0.3, -0.25) is 9.69 Å². The Balaban J connectivity index is 0.00000300. The maximum absolute atomic E-state index is 13.0. The van der Waals surface area contributed by atoms with Crippen LogP contribution in [-0.4, -0.2) is 42.0 Å². The SMILES string of the molecule is CCc1ccc2nc(N(CCN(CC)CC)C(=O)C=Cc3cccs3)sc2c1.Cl. The molecule has 2 aromatic heterocycles. The molecule has 0 saturated carbocycles. The summed E-state index contributed by atoms with van der Waals surface area (Å²) in [6, 6.07) is 10.4. The summed E-state index contributed by atoms with van der Waals surface area (Å²) in [6.45, 7) is 9.87. The first-order valence-electron chi connectivity index (χ1n) is 9.79. The number of amides is 1. The number of aromatic nitrogens is 1. The summed E-state index contributed by atoms with van der Waals surface area (Å²) in [6.07, 6.45) is 4.55. The summed E-state index contributed by atoms with van der Waals surface area (Å²) >= 11 is 3.22. The van der Waals surface area contributed by atoms with Crippen molar-refractivity contribution in [1.82, 2.24) is 9.88 Å². The average Bonchev–Trinajstić information content (AvgIpc) is 3.38. The van der Waals surface area contributed by atoms with Gasteiger partial charge in [0.05, 0.1) is 10.2 Å². The molecule has 0 aliphatic heterocycles. The molecule has 0 saturated heterocycles. The van der Waals surface area contributed by atoms with Crippen molar-refractivity contribution >= 4 is 62.4 Å². The van der Waals surface area contributed by atoms with Crippen LogP contribution in [0, 0.1) is 0 Å². The number of benzene rings is 1. The summed E-state index contributed by atoms with van der Waals surface area (Å²) in [5, 5.41) is 2.79. The van der Waals surface area contributed by atoms with E-state index in [-0.39, 0.29) is 18.3 Å². The monoisotopic (exact) mass is 449 g/mol. The smallest absolute Gasteiger partial charge is 0.252 e. The van der Waals surface area contributed by atoms with Crippen LogP contribution in [-0.2, 0) is 11.2 Å². The van der Waals surface area contributed by atoms with Gasteiger partial charge in [0.1, 0.15) is 0 Å². The van der Waals surface area contributed by atoms with Crippen molar-refractivity contribution in [3.05, 3.63) is 52.2 Å². The second kappa shape index (κ2) is 11.5. The summed E-state index contributed by atoms with van der Waals surface area (Å²) in [5.74, 6) is -0.0182. The first-order chi connectivity index (χ1) is 13.6. The number of carbonyl (C=O) groups excluding carboxylic acids is 1. The van der Waals surface area contributed by atoms with Gasteiger partial charge < -0.3 is 4.90 Å². The van der Waals surface area contributed by atoms with E-state index in [1.54, 1.807) is 28.7 Å². The first-order valence-corrected chi connectivity index (χ1v) is 11.5. The minimum atomic E-state index is -0.0182. The van der Waals surface area contributed by atoms with E-state index >= 15 is 0 Å². The number of nitrogens with zero attached hydrogens (tertiary/aromatic N) is 3. The van der Waals surface area contributed by atoms with Crippen molar-refractivity contribution in [2.24, 2.45) is 0 Å². The van der Waals surface area contributed by atoms with Gasteiger partial charge in [0, 0.05) is 24.0 Å². The zero-order valence-electron chi connectivity index (χ0n) is 17.1. The number of likely N-dealkylation sites (N-methyl/N-ethyl adjacent to an activating group) is 1. The third-order valence-corrected chi connectivity index (χ3v) is 6.69. The van der Waals surface area contributed by atoms with E-state index in [0.29, 0.717) is 6.54 Å². The molecule has 0 aliphatic carbocycles. The highest BCUT2D eigenvalue weighted by molar-refractivity contribution is 7.22. The Kier molecular flexibility index (Phi) is 9.30. The normalized spacial score (nSPS) is 11.3. The molecule has 0 bridgehead atoms. The molecule has 0 spiro atoms. The van der Waals surface area contributed by atoms with Gasteiger partial charge in [-0.05, 0) is 54.7 Å². The first kappa shape index (κ1) is 23.5. The number of hydrogen-bond acceptors (Lipinski definition) is 5. The lowest BCUT2D eigenvalue weighted by Crippen LogP contribution is -2.38. The zero-order chi connectivity index (χ0) is 19.9. The lowest BCUT2D eigenvalue weighted by Gasteiger charge is -2.23. The van der Waals surface area contributed by atoms with Crippen molar-refractivity contribution in [2.45, 2.75) is 27.2 Å². The number of anilines is 1. The Morgan fingerprint density at radius 2 is 1.93 bits per heavy atom. The van der Waals surface area contributed by atoms with Gasteiger partial charge in [0.2, 0.25) is 0 Å². The Morgan fingerprint density at radius 3 is 2.59 bits per heavy atom. The lowest BCUT2D eigenvalue weighted by atomic mass is 10.2. The van der Waals surface area contributed by atoms with Crippen LogP contribution in [0.25, 0.3) is 16.3 Å². The summed E-state index contributed by atoms with van der Waals surface area (Å²) in [7, 11) is 0. The molecular formula is C22H28ClN3OS2. The molecule has 7 heteroatoms. The largest absolute Gasteiger partial charge is 0.302 e. The highest BCUT2D eigenvalue weighted by Gasteiger charge is 2.19. The summed E-state index contributed by atoms with van der Waals surface area (Å²) < 4.78 is 1.14. The molecule has 3 rings (SSSR count). The topological polar surface area (TPSA) is 36.4 Å². The highest BCUT2D eigenvalue weighted by Crippen LogP contribution is 2.30. The number of fused-ring (bicyclic) bond motifs is 1. The fraction of sp³-hybridized carbons (Fsp3) is 0.364. The third kappa shape index (κ3) is 6.12. The number of hydrogen-bond donors (Lipinski definition) is 0. The van der Waals surface area contributed by atoms with Gasteiger partial charge in [-0.25, -0.2) is 4.98 Å². The Morgan fingerprint density at radius 1 is 1.14 bits per heavy atom. The van der Waals surface area contributed by atoms with E-state index in [0.717, 1.165) is 46.3 Å². The van der Waals surface area contributed by atoms with E-state index < -0.39 is 0 Å². The van der Waals surface area contributed by atoms with Crippen LogP contribution < -0.4 is 4.90 Å². The molecule has 0 N–H and O–H groups in total. The van der Waals surface area contributed by atoms with Crippen LogP contribution in [0.3, 0.4) is 0 Å². The van der Waals surface area contributed by atoms with Gasteiger partial charge in [-0.2, -0.15) is 0 Å². The van der Waals surface area contributed by atoms with Crippen LogP contribution in [0.4, 0.5) is 5.13 Å². The number of carbonyl (C=O) groups is 1. The molecule has 0 radical (unpaired) electrons. The maximum Gasteiger partial charge on any atom is 0.252 e. The van der Waals surface area contributed by atoms with Gasteiger partial charge >= 0.3 is 0 Å². The van der Waals surface area contributed by atoms with Crippen molar-refractivity contribution in [1.29, 1.82) is 0 Å². The number of thiazole rings is 1. The minimum absolute atomic E-state index is 0. The van der Waals surface area contributed by atoms with E-state index in [4.69, 9.17) is 4.98 Å². The molecule has 4 nitrogen and oxygen atoms in total. The fourth-order valence-corrected chi connectivity index (χ4v) is 4.68. The number of thiophene rings is 1. The summed E-state index contributed by atoms with van der Waals surface area (Å²) in [5.41, 5.74) is 2.25. The zero-order valence-corrected chi connectivity index (χ0v) is 19.6. The van der Waals surface area contributed by atoms with E-state index in [1.807, 2.05) is 28.5 Å². The lowest BCUT2D eigenvalue weighted by molar-refractivity contribution is -0.114. The van der Waals surface area contributed by atoms with Crippen LogP contribution in [0.1, 0.15) is 31.2 Å². The summed E-state index contributed by atoms with van der Waals surface area (Å²) in [4.78, 5) is 23.0. The molecule has 0 fully saturated rings. The number of halogens is 1. The van der Waals surface area contributed by atoms with Gasteiger partial charge in [-0.15, -0.1) is 23.7 Å². The molecule has 1 aromatic carbocycles. The maximum atomic E-state index is 13.0. The molecule has 0 atom stereocenters. The minimum Gasteiger partial charge on any atom is -0.302 e. The van der Waals surface area contributed by atoms with E-state index in [9.17, 15) is 4.79 Å². The number of aryl methyl sites for hydroxylation is 1. The second-order valence-electron chi connectivity index (χ2n) is 6.52. The Labute approximate surface area is 187 Å². The molecule has 2 heterocycles. The molecule has 156 valence electrons. The molecule has 3 aromatic rings. The molecule has 1 amide bonds. The van der Waals surface area contributed by atoms with Crippen molar-refractivity contribution < 1.29 is 4.79 Å². The number of rotatable bonds is 9. The Bertz CT molecular complexity index is 933. The van der Waals surface area contributed by atoms with Crippen molar-refractivity contribution in [2.75, 3.05) is 31.1 Å². The van der Waals surface area contributed by atoms with E-state index in [2.05, 4.69) is 43.9 Å². The van der Waals surface area contributed by atoms with Crippen molar-refractivity contribution in [3.63, 3.8) is 0 Å². The standard InChI is InChI=1S/C22H27N3OS2.ClH/c1-4-17-9-11-19-20(16-17)28-22(23-19)25(14-13-24(5-2)6-3)21(26)12-10-18-8-7-15-27-18;/h7-12,15-16H,4-6,13-14H2,1-3H3;1H. The molecule has 29 heavy (non-hydrogen) atoms. The average molecular weight is 450 g/mol. The van der Waals surface area contributed by atoms with Crippen LogP contribution in [0.5, 0.6) is 0 Å².